The predicted molar refractivity (Wildman–Crippen MR) is 517 cm³/mol. The third-order valence-electron chi connectivity index (χ3n) is 23.2. The predicted octanol–water partition coefficient (Wildman–Crippen LogP) is 19.2. The van der Waals surface area contributed by atoms with Gasteiger partial charge in [-0.05, 0) is 110 Å². The highest BCUT2D eigenvalue weighted by Gasteiger charge is 2.38. The summed E-state index contributed by atoms with van der Waals surface area (Å²) in [5.41, 5.74) is 17.6. The third kappa shape index (κ3) is 17.8. The molecule has 9 aromatic heterocycles. The second-order valence-corrected chi connectivity index (χ2v) is 35.7. The Morgan fingerprint density at radius 2 is 0.600 bits per heavy atom. The number of aromatic nitrogens is 9. The monoisotopic (exact) mass is 2010 g/mol. The summed E-state index contributed by atoms with van der Waals surface area (Å²) in [6.07, 6.45) is 8.50. The van der Waals surface area contributed by atoms with E-state index in [1.54, 1.807) is 87.0 Å². The fraction of sp³-hybridized carbons (Fsp3) is 0.258. The number of amides is 3. The van der Waals surface area contributed by atoms with Crippen LogP contribution in [0.25, 0.3) is 83.9 Å². The van der Waals surface area contributed by atoms with Crippen molar-refractivity contribution in [2.75, 3.05) is 110 Å². The van der Waals surface area contributed by atoms with Crippen molar-refractivity contribution in [3.05, 3.63) is 255 Å². The van der Waals surface area contributed by atoms with Gasteiger partial charge in [-0.1, -0.05) is 166 Å². The van der Waals surface area contributed by atoms with Gasteiger partial charge >= 0.3 is 0 Å². The summed E-state index contributed by atoms with van der Waals surface area (Å²) in [6.45, 7) is 30.8. The van der Waals surface area contributed by atoms with E-state index in [0.717, 1.165) is 0 Å². The zero-order valence-electron chi connectivity index (χ0n) is 73.2. The van der Waals surface area contributed by atoms with Gasteiger partial charge in [0, 0.05) is 130 Å². The molecule has 27 nitrogen and oxygen atoms in total. The summed E-state index contributed by atoms with van der Waals surface area (Å²) >= 11 is 56.4. The molecule has 3 aliphatic rings. The fourth-order valence-corrected chi connectivity index (χ4v) is 18.9. The molecule has 135 heavy (non-hydrogen) atoms. The molecule has 0 bridgehead atoms. The highest BCUT2D eigenvalue weighted by molar-refractivity contribution is 6.42. The number of nitrogen functional groups attached to an aromatic ring is 3. The van der Waals surface area contributed by atoms with Gasteiger partial charge in [0.2, 0.25) is 17.7 Å². The number of fused-ring (bicyclic) bond motifs is 3. The van der Waals surface area contributed by atoms with Crippen LogP contribution in [0.1, 0.15) is 110 Å². The first-order valence-electron chi connectivity index (χ1n) is 41.3. The zero-order valence-corrected chi connectivity index (χ0v) is 80.0. The molecule has 0 atom stereocenters. The van der Waals surface area contributed by atoms with Crippen molar-refractivity contribution in [3.8, 4) is 69.0 Å². The number of nitrogens with zero attached hydrogens (tertiary/aromatic N) is 18. The van der Waals surface area contributed by atoms with Gasteiger partial charge in [-0.15, -0.1) is 0 Å². The van der Waals surface area contributed by atoms with Crippen LogP contribution in [0, 0.1) is 89.7 Å². The summed E-state index contributed by atoms with van der Waals surface area (Å²) in [4.78, 5) is 118. The molecule has 3 amide bonds. The van der Waals surface area contributed by atoms with Crippen molar-refractivity contribution in [1.82, 2.24) is 58.3 Å². The molecule has 696 valence electrons. The highest BCUT2D eigenvalue weighted by atomic mass is 35.5. The van der Waals surface area contributed by atoms with Gasteiger partial charge in [0.05, 0.1) is 115 Å². The maximum Gasteiger partial charge on any atom is 0.276 e. The normalized spacial score (nSPS) is 13.4. The van der Waals surface area contributed by atoms with Gasteiger partial charge in [0.1, 0.15) is 66.9 Å². The minimum Gasteiger partial charge on any atom is -0.396 e. The lowest BCUT2D eigenvalue weighted by Crippen LogP contribution is -2.49. The molecule has 3 aromatic carbocycles. The maximum absolute atomic E-state index is 14.9. The van der Waals surface area contributed by atoms with Crippen LogP contribution in [-0.4, -0.2) is 155 Å². The van der Waals surface area contributed by atoms with E-state index >= 15 is 0 Å². The van der Waals surface area contributed by atoms with Crippen LogP contribution in [-0.2, 0) is 14.4 Å². The van der Waals surface area contributed by atoms with E-state index in [1.807, 2.05) is 41.5 Å². The number of rotatable bonds is 15. The van der Waals surface area contributed by atoms with Crippen LogP contribution in [0.15, 0.2) is 107 Å². The fourth-order valence-electron chi connectivity index (χ4n) is 16.6. The van der Waals surface area contributed by atoms with Crippen LogP contribution in [0.5, 0.6) is 0 Å². The Kier molecular flexibility index (Phi) is 29.6. The Hall–Kier alpha value is -12.7. The number of hydrogen-bond donors (Lipinski definition) is 3. The van der Waals surface area contributed by atoms with Gasteiger partial charge in [-0.25, -0.2) is 41.3 Å². The number of carbonyl (C=O) groups excluding carboxylic acids is 3. The number of nitrogens with two attached hydrogens (primary N) is 3. The number of hydrogen-bond acceptors (Lipinski definition) is 21. The number of piperazine rings is 3. The molecule has 0 saturated carbocycles. The lowest BCUT2D eigenvalue weighted by Gasteiger charge is -2.36. The Labute approximate surface area is 812 Å². The van der Waals surface area contributed by atoms with Crippen LogP contribution >= 0.6 is 104 Å². The average Bonchev–Trinajstić information content (AvgIpc) is 0.728. The number of anilines is 6. The maximum atomic E-state index is 14.9. The van der Waals surface area contributed by atoms with E-state index in [-0.39, 0.29) is 174 Å². The molecule has 0 aliphatic carbocycles. The number of pyridine rings is 9. The van der Waals surface area contributed by atoms with Crippen molar-refractivity contribution in [1.29, 1.82) is 15.8 Å². The number of halogens is 15. The van der Waals surface area contributed by atoms with E-state index in [4.69, 9.17) is 137 Å². The van der Waals surface area contributed by atoms with E-state index < -0.39 is 98.8 Å². The van der Waals surface area contributed by atoms with E-state index in [9.17, 15) is 70.9 Å². The van der Waals surface area contributed by atoms with Crippen LogP contribution < -0.4 is 48.6 Å². The lowest BCUT2D eigenvalue weighted by atomic mass is 10.0. The number of benzene rings is 3. The Bertz CT molecular complexity index is 6650. The topological polar surface area (TPSA) is 363 Å². The van der Waals surface area contributed by atoms with Crippen molar-refractivity contribution in [2.45, 2.75) is 80.1 Å². The molecule has 12 aromatic rings. The smallest absolute Gasteiger partial charge is 0.276 e. The van der Waals surface area contributed by atoms with Crippen LogP contribution in [0.2, 0.25) is 45.2 Å². The van der Waals surface area contributed by atoms with Gasteiger partial charge in [-0.2, -0.15) is 15.8 Å². The Morgan fingerprint density at radius 1 is 0.378 bits per heavy atom. The SMILES string of the molecule is C=CC(=O)N1CCN(c2c(C#N)c(=O)n(-c3c(C)ccnc3C(C)C)c3nc(-c4c(N)c(F)c(Cl)c(F)c4Cl)c(Cl)cc23)CC1.C=CC(=O)N1CCN(c2c(C#N)c(=O)n(-c3c(C)ccnc3C(C)C)c3nc(-c4c(N)c(F)c(Cl)c(F)c4Cl)c(Cl)cc23)CC1.C=CC(=O)N1CCN(c2c(C#N)c(=O)n(-c3c(C)ccnc3C(C)C)c3nc(-c4c(N)c(F)c(Cl)c(F)c4Cl)c(Cl)cc23)CC1. The van der Waals surface area contributed by atoms with Gasteiger partial charge in [-0.3, -0.25) is 57.4 Å². The van der Waals surface area contributed by atoms with E-state index in [2.05, 4.69) is 52.9 Å². The van der Waals surface area contributed by atoms with E-state index in [1.165, 1.54) is 50.1 Å². The summed E-state index contributed by atoms with van der Waals surface area (Å²) in [5.74, 6) is -8.70. The Balaban J connectivity index is 0.000000171. The lowest BCUT2D eigenvalue weighted by molar-refractivity contribution is -0.127. The molecule has 15 rings (SSSR count). The largest absolute Gasteiger partial charge is 0.396 e. The minimum atomic E-state index is -1.26. The Morgan fingerprint density at radius 3 is 0.800 bits per heavy atom. The minimum absolute atomic E-state index is 0.0160. The molecule has 6 N–H and O–H groups in total. The average molecular weight is 2020 g/mol. The first-order chi connectivity index (χ1) is 64.0. The second-order valence-electron chi connectivity index (χ2n) is 32.2. The van der Waals surface area contributed by atoms with Gasteiger partial charge in [0.25, 0.3) is 16.7 Å². The third-order valence-corrected chi connectivity index (χ3v) is 26.1. The standard InChI is InChI=1S/3C31H26Cl3F2N7O2/c3*1-5-19(44)41-8-10-42(11-9-41)29-16-12-18(32)27(20-21(33)23(35)22(34)24(36)25(20)38)40-30(16)43(31(45)17(29)13-37)28-15(4)6-7-39-26(28)14(2)3/h3*5-7,12,14H,1,8-11,38H2,2-4H3. The molecule has 0 radical (unpaired) electrons. The first kappa shape index (κ1) is 99.7. The van der Waals surface area contributed by atoms with Gasteiger partial charge in [0.15, 0.2) is 34.9 Å². The molecular weight excluding hydrogens is 1940 g/mol. The molecular formula is C93H78Cl9F6N21O6. The van der Waals surface area contributed by atoms with Gasteiger partial charge < -0.3 is 46.6 Å². The molecule has 12 heterocycles. The number of nitriles is 3. The molecule has 42 heteroatoms. The first-order valence-corrected chi connectivity index (χ1v) is 44.7. The molecule has 3 saturated heterocycles. The van der Waals surface area contributed by atoms with Crippen LogP contribution in [0.3, 0.4) is 0 Å². The quantitative estimate of drug-likeness (QED) is 0.0282. The molecule has 0 unspecified atom stereocenters. The highest BCUT2D eigenvalue weighted by Crippen LogP contribution is 2.50. The zero-order chi connectivity index (χ0) is 98.7. The number of carbonyl (C=O) groups is 3. The van der Waals surface area contributed by atoms with Crippen molar-refractivity contribution in [3.63, 3.8) is 0 Å². The second kappa shape index (κ2) is 40.1. The summed E-state index contributed by atoms with van der Waals surface area (Å²) in [6, 6.07) is 15.7. The molecule has 0 spiro atoms. The number of aryl methyl sites for hydroxylation is 3. The summed E-state index contributed by atoms with van der Waals surface area (Å²) < 4.78 is 93.3. The summed E-state index contributed by atoms with van der Waals surface area (Å²) in [5, 5.41) is 27.2. The van der Waals surface area contributed by atoms with Crippen LogP contribution in [0.4, 0.5) is 60.5 Å². The van der Waals surface area contributed by atoms with Crippen molar-refractivity contribution < 1.29 is 40.7 Å². The van der Waals surface area contributed by atoms with Crippen molar-refractivity contribution >= 4 is 189 Å². The summed E-state index contributed by atoms with van der Waals surface area (Å²) in [7, 11) is 0. The van der Waals surface area contributed by atoms with Crippen molar-refractivity contribution in [2.24, 2.45) is 0 Å². The molecule has 3 fully saturated rings. The van der Waals surface area contributed by atoms with E-state index in [0.29, 0.717) is 106 Å². The molecule has 3 aliphatic heterocycles.